The van der Waals surface area contributed by atoms with E-state index >= 15 is 0 Å². The van der Waals surface area contributed by atoms with Gasteiger partial charge in [0.1, 0.15) is 5.52 Å². The third-order valence-corrected chi connectivity index (χ3v) is 3.24. The van der Waals surface area contributed by atoms with Gasteiger partial charge in [-0.05, 0) is 12.1 Å². The number of hydrogen-bond donors (Lipinski definition) is 2. The van der Waals surface area contributed by atoms with Crippen molar-refractivity contribution in [2.45, 2.75) is 6.42 Å². The van der Waals surface area contributed by atoms with E-state index in [9.17, 15) is 14.0 Å². The molecule has 1 aliphatic heterocycles. The zero-order valence-corrected chi connectivity index (χ0v) is 10.4. The molecule has 3 aromatic rings. The van der Waals surface area contributed by atoms with E-state index in [-0.39, 0.29) is 23.4 Å². The lowest BCUT2D eigenvalue weighted by Crippen LogP contribution is -2.04. The van der Waals surface area contributed by atoms with E-state index in [1.807, 2.05) is 0 Å². The molecule has 8 heteroatoms. The van der Waals surface area contributed by atoms with Gasteiger partial charge in [-0.3, -0.25) is 9.78 Å². The van der Waals surface area contributed by atoms with E-state index in [0.29, 0.717) is 22.8 Å². The van der Waals surface area contributed by atoms with Crippen molar-refractivity contribution in [2.75, 3.05) is 5.32 Å². The number of rotatable bonds is 1. The number of amides is 1. The van der Waals surface area contributed by atoms with Gasteiger partial charge in [0.2, 0.25) is 5.91 Å². The van der Waals surface area contributed by atoms with E-state index in [1.165, 1.54) is 18.3 Å². The molecular weight excluding hydrogens is 279 g/mol. The van der Waals surface area contributed by atoms with Crippen molar-refractivity contribution >= 4 is 22.8 Å². The molecular formula is C13H7FN4O3. The Morgan fingerprint density at radius 1 is 1.29 bits per heavy atom. The van der Waals surface area contributed by atoms with E-state index < -0.39 is 11.6 Å². The van der Waals surface area contributed by atoms with Crippen LogP contribution in [0.2, 0.25) is 0 Å². The molecule has 4 rings (SSSR count). The molecule has 104 valence electrons. The second-order valence-corrected chi connectivity index (χ2v) is 4.59. The molecule has 0 saturated carbocycles. The molecule has 1 aromatic carbocycles. The van der Waals surface area contributed by atoms with Gasteiger partial charge in [-0.2, -0.15) is 0 Å². The molecule has 0 fully saturated rings. The van der Waals surface area contributed by atoms with Crippen molar-refractivity contribution in [3.8, 4) is 11.3 Å². The second-order valence-electron chi connectivity index (χ2n) is 4.59. The van der Waals surface area contributed by atoms with Crippen LogP contribution in [0, 0.1) is 5.82 Å². The van der Waals surface area contributed by atoms with Crippen LogP contribution in [-0.2, 0) is 11.2 Å². The van der Waals surface area contributed by atoms with Crippen molar-refractivity contribution in [1.82, 2.24) is 15.0 Å². The summed E-state index contributed by atoms with van der Waals surface area (Å²) >= 11 is 0. The monoisotopic (exact) mass is 286 g/mol. The smallest absolute Gasteiger partial charge is 0.407 e. The number of nitrogens with zero attached hydrogens (tertiary/aromatic N) is 2. The molecule has 0 spiro atoms. The molecule has 0 saturated heterocycles. The molecule has 3 heterocycles. The quantitative estimate of drug-likeness (QED) is 0.700. The summed E-state index contributed by atoms with van der Waals surface area (Å²) in [6.45, 7) is 0. The van der Waals surface area contributed by atoms with Crippen molar-refractivity contribution in [1.29, 1.82) is 0 Å². The Labute approximate surface area is 115 Å². The molecule has 0 unspecified atom stereocenters. The fourth-order valence-corrected chi connectivity index (χ4v) is 2.32. The van der Waals surface area contributed by atoms with Crippen LogP contribution in [0.4, 0.5) is 10.2 Å². The van der Waals surface area contributed by atoms with E-state index in [2.05, 4.69) is 20.3 Å². The van der Waals surface area contributed by atoms with Gasteiger partial charge in [0.25, 0.3) is 0 Å². The Morgan fingerprint density at radius 3 is 3.00 bits per heavy atom. The minimum atomic E-state index is -0.748. The van der Waals surface area contributed by atoms with Gasteiger partial charge >= 0.3 is 5.76 Å². The maximum absolute atomic E-state index is 13.6. The maximum Gasteiger partial charge on any atom is 0.417 e. The zero-order valence-electron chi connectivity index (χ0n) is 10.4. The largest absolute Gasteiger partial charge is 0.417 e. The lowest BCUT2D eigenvalue weighted by atomic mass is 10.1. The summed E-state index contributed by atoms with van der Waals surface area (Å²) in [6.07, 6.45) is 1.57. The third-order valence-electron chi connectivity index (χ3n) is 3.24. The summed E-state index contributed by atoms with van der Waals surface area (Å²) in [5, 5.41) is 2.57. The van der Waals surface area contributed by atoms with Crippen LogP contribution in [0.15, 0.2) is 27.5 Å². The zero-order chi connectivity index (χ0) is 14.6. The molecule has 2 aromatic heterocycles. The second kappa shape index (κ2) is 3.98. The van der Waals surface area contributed by atoms with Crippen LogP contribution < -0.4 is 11.1 Å². The number of oxazole rings is 1. The number of aromatic nitrogens is 3. The maximum atomic E-state index is 13.6. The molecule has 0 radical (unpaired) electrons. The van der Waals surface area contributed by atoms with Crippen LogP contribution >= 0.6 is 0 Å². The first-order chi connectivity index (χ1) is 10.1. The van der Waals surface area contributed by atoms with Gasteiger partial charge in [0, 0.05) is 5.56 Å². The minimum absolute atomic E-state index is 0.0194. The molecule has 0 atom stereocenters. The van der Waals surface area contributed by atoms with Gasteiger partial charge in [0.15, 0.2) is 17.2 Å². The molecule has 7 nitrogen and oxygen atoms in total. The van der Waals surface area contributed by atoms with Crippen molar-refractivity contribution in [2.24, 2.45) is 0 Å². The number of aromatic amines is 1. The first kappa shape index (κ1) is 11.8. The first-order valence-corrected chi connectivity index (χ1v) is 6.09. The summed E-state index contributed by atoms with van der Waals surface area (Å²) in [5.41, 5.74) is 1.39. The summed E-state index contributed by atoms with van der Waals surface area (Å²) in [7, 11) is 0. The van der Waals surface area contributed by atoms with Gasteiger partial charge in [-0.25, -0.2) is 19.2 Å². The topological polar surface area (TPSA) is 101 Å². The van der Waals surface area contributed by atoms with Crippen molar-refractivity contribution < 1.29 is 13.6 Å². The lowest BCUT2D eigenvalue weighted by Gasteiger charge is -2.03. The number of fused-ring (bicyclic) bond motifs is 2. The predicted molar refractivity (Wildman–Crippen MR) is 70.2 cm³/mol. The highest BCUT2D eigenvalue weighted by molar-refractivity contribution is 5.97. The van der Waals surface area contributed by atoms with Crippen LogP contribution in [0.1, 0.15) is 5.69 Å². The number of hydrogen-bond acceptors (Lipinski definition) is 5. The number of benzene rings is 1. The summed E-state index contributed by atoms with van der Waals surface area (Å²) in [6, 6.07) is 2.66. The number of anilines is 1. The lowest BCUT2D eigenvalue weighted by molar-refractivity contribution is -0.115. The number of halogens is 1. The fourth-order valence-electron chi connectivity index (χ4n) is 2.32. The molecule has 1 amide bonds. The number of nitrogens with one attached hydrogen (secondary N) is 2. The number of H-pyrrole nitrogens is 1. The van der Waals surface area contributed by atoms with Crippen LogP contribution in [0.3, 0.4) is 0 Å². The summed E-state index contributed by atoms with van der Waals surface area (Å²) in [4.78, 5) is 33.3. The van der Waals surface area contributed by atoms with Crippen molar-refractivity contribution in [3.63, 3.8) is 0 Å². The normalized spacial score (nSPS) is 13.5. The molecule has 0 bridgehead atoms. The highest BCUT2D eigenvalue weighted by Gasteiger charge is 2.22. The SMILES string of the molecule is O=C1Cc2nc(-c3ccc(F)c4[nH]c(=O)oc34)cnc2N1. The van der Waals surface area contributed by atoms with Crippen molar-refractivity contribution in [3.05, 3.63) is 40.4 Å². The Kier molecular flexibility index (Phi) is 2.23. The fraction of sp³-hybridized carbons (Fsp3) is 0.0769. The first-order valence-electron chi connectivity index (χ1n) is 6.09. The van der Waals surface area contributed by atoms with Gasteiger partial charge in [-0.1, -0.05) is 0 Å². The molecule has 21 heavy (non-hydrogen) atoms. The van der Waals surface area contributed by atoms with Gasteiger partial charge in [-0.15, -0.1) is 0 Å². The number of carbonyl (C=O) groups excluding carboxylic acids is 1. The average Bonchev–Trinajstić information content (AvgIpc) is 3.00. The standard InChI is InChI=1S/C13H7FN4O3/c14-6-2-1-5(11-10(6)18-13(20)21-11)8-4-15-12-7(16-8)3-9(19)17-12/h1-2,4H,3H2,(H,18,20)(H,15,17,19). The Balaban J connectivity index is 1.95. The number of carbonyl (C=O) groups is 1. The van der Waals surface area contributed by atoms with Gasteiger partial charge < -0.3 is 9.73 Å². The molecule has 0 aliphatic carbocycles. The Bertz CT molecular complexity index is 960. The minimum Gasteiger partial charge on any atom is -0.407 e. The van der Waals surface area contributed by atoms with Gasteiger partial charge in [0.05, 0.1) is 24.0 Å². The summed E-state index contributed by atoms with van der Waals surface area (Å²) in [5.74, 6) is -1.11. The van der Waals surface area contributed by atoms with Crippen LogP contribution in [0.25, 0.3) is 22.4 Å². The highest BCUT2D eigenvalue weighted by atomic mass is 19.1. The van der Waals surface area contributed by atoms with Crippen LogP contribution in [-0.4, -0.2) is 20.9 Å². The summed E-state index contributed by atoms with van der Waals surface area (Å²) < 4.78 is 18.6. The van der Waals surface area contributed by atoms with Crippen LogP contribution in [0.5, 0.6) is 0 Å². The molecule has 1 aliphatic rings. The predicted octanol–water partition coefficient (Wildman–Crippen LogP) is 1.21. The van der Waals surface area contributed by atoms with E-state index in [4.69, 9.17) is 4.42 Å². The molecule has 2 N–H and O–H groups in total. The third kappa shape index (κ3) is 1.72. The highest BCUT2D eigenvalue weighted by Crippen LogP contribution is 2.29. The Hall–Kier alpha value is -3.03. The van der Waals surface area contributed by atoms with E-state index in [0.717, 1.165) is 0 Å². The Morgan fingerprint density at radius 2 is 2.14 bits per heavy atom. The average molecular weight is 286 g/mol. The van der Waals surface area contributed by atoms with E-state index in [1.54, 1.807) is 0 Å².